The van der Waals surface area contributed by atoms with Crippen molar-refractivity contribution in [2.45, 2.75) is 25.4 Å². The molecule has 1 aromatic carbocycles. The van der Waals surface area contributed by atoms with Gasteiger partial charge in [-0.05, 0) is 31.0 Å². The van der Waals surface area contributed by atoms with Gasteiger partial charge in [-0.25, -0.2) is 0 Å². The minimum atomic E-state index is -4.67. The van der Waals surface area contributed by atoms with Crippen LogP contribution in [0.2, 0.25) is 0 Å². The normalized spacial score (nSPS) is 10.1. The molecule has 4 nitrogen and oxygen atoms in total. The topological polar surface area (TPSA) is 74.6 Å². The van der Waals surface area contributed by atoms with E-state index >= 15 is 0 Å². The van der Waals surface area contributed by atoms with Gasteiger partial charge in [0.1, 0.15) is 0 Å². The molecule has 0 spiro atoms. The van der Waals surface area contributed by atoms with Crippen LogP contribution >= 0.6 is 12.6 Å². The molecule has 0 amide bonds. The van der Waals surface area contributed by atoms with Gasteiger partial charge in [-0.3, -0.25) is 9.11 Å². The van der Waals surface area contributed by atoms with E-state index in [0.717, 1.165) is 4.90 Å². The minimum absolute atomic E-state index is 1.08. The number of alkyl halides is 3. The molecule has 0 aliphatic heterocycles. The van der Waals surface area contributed by atoms with E-state index < -0.39 is 17.1 Å². The van der Waals surface area contributed by atoms with Gasteiger partial charge in [-0.1, -0.05) is 12.1 Å². The van der Waals surface area contributed by atoms with Crippen LogP contribution in [0, 0.1) is 13.8 Å². The van der Waals surface area contributed by atoms with Gasteiger partial charge in [-0.2, -0.15) is 21.6 Å². The summed E-state index contributed by atoms with van der Waals surface area (Å²) >= 11 is 4.27. The van der Waals surface area contributed by atoms with Crippen molar-refractivity contribution in [1.82, 2.24) is 0 Å². The first-order chi connectivity index (χ1) is 7.95. The number of benzene rings is 1. The van der Waals surface area contributed by atoms with E-state index in [1.807, 2.05) is 12.1 Å². The molecule has 18 heavy (non-hydrogen) atoms. The van der Waals surface area contributed by atoms with Crippen LogP contribution in [0.3, 0.4) is 0 Å². The average molecular weight is 306 g/mol. The Balaban J connectivity index is 0. The molecule has 0 bridgehead atoms. The summed E-state index contributed by atoms with van der Waals surface area (Å²) in [7, 11) is -4.67. The lowest BCUT2D eigenvalue weighted by atomic mass is 10.1. The highest BCUT2D eigenvalue weighted by Gasteiger charge is 1.92. The Bertz CT molecular complexity index is 418. The largest absolute Gasteiger partial charge is 0.394 e. The monoisotopic (exact) mass is 306 g/mol. The summed E-state index contributed by atoms with van der Waals surface area (Å²) in [5.41, 5.74) is 2.59. The number of hydrogen-bond acceptors (Lipinski definition) is 3. The van der Waals surface area contributed by atoms with Crippen molar-refractivity contribution in [3.05, 3.63) is 29.3 Å². The number of hydrogen-bond donors (Lipinski definition) is 3. The van der Waals surface area contributed by atoms with E-state index in [9.17, 15) is 13.2 Å². The summed E-state index contributed by atoms with van der Waals surface area (Å²) in [6.45, 7) is 0.507. The Hall–Kier alpha value is -0.770. The Morgan fingerprint density at radius 3 is 1.72 bits per heavy atom. The average Bonchev–Trinajstić information content (AvgIpc) is 2.10. The molecule has 0 aromatic heterocycles. The van der Waals surface area contributed by atoms with Crippen LogP contribution in [0.4, 0.5) is 13.2 Å². The number of rotatable bonds is 0. The zero-order valence-electron chi connectivity index (χ0n) is 9.51. The van der Waals surface area contributed by atoms with Crippen molar-refractivity contribution in [2.75, 3.05) is 0 Å². The molecule has 9 heteroatoms. The van der Waals surface area contributed by atoms with Crippen LogP contribution in [-0.4, -0.2) is 24.2 Å². The van der Waals surface area contributed by atoms with Crippen molar-refractivity contribution in [2.24, 2.45) is 0 Å². The highest BCUT2D eigenvalue weighted by atomic mass is 32.3. The van der Waals surface area contributed by atoms with Crippen LogP contribution in [0.5, 0.6) is 0 Å². The van der Waals surface area contributed by atoms with Gasteiger partial charge in [0.05, 0.1) is 0 Å². The Morgan fingerprint density at radius 2 is 1.50 bits per heavy atom. The maximum atomic E-state index is 9.67. The first kappa shape index (κ1) is 19.6. The molecule has 0 heterocycles. The first-order valence-electron chi connectivity index (χ1n) is 4.32. The number of aryl methyl sites for hydroxylation is 1. The third-order valence-corrected chi connectivity index (χ3v) is 2.06. The van der Waals surface area contributed by atoms with Gasteiger partial charge in [0.25, 0.3) is 0 Å². The van der Waals surface area contributed by atoms with E-state index in [1.165, 1.54) is 11.1 Å². The van der Waals surface area contributed by atoms with Gasteiger partial charge in [0.15, 0.2) is 0 Å². The molecule has 0 saturated carbocycles. The third-order valence-electron chi connectivity index (χ3n) is 1.58. The lowest BCUT2D eigenvalue weighted by Crippen LogP contribution is -1.89. The summed E-state index contributed by atoms with van der Waals surface area (Å²) in [6.07, 6.45) is 0. The van der Waals surface area contributed by atoms with Crippen molar-refractivity contribution < 1.29 is 30.7 Å². The molecule has 0 unspecified atom stereocenters. The fourth-order valence-electron chi connectivity index (χ4n) is 0.736. The van der Waals surface area contributed by atoms with Crippen LogP contribution in [0.1, 0.15) is 11.1 Å². The van der Waals surface area contributed by atoms with Crippen molar-refractivity contribution in [3.63, 3.8) is 0 Å². The van der Waals surface area contributed by atoms with E-state index in [4.69, 9.17) is 17.5 Å². The van der Waals surface area contributed by atoms with Crippen LogP contribution in [-0.2, 0) is 10.4 Å². The Labute approximate surface area is 109 Å². The quantitative estimate of drug-likeness (QED) is 0.508. The second-order valence-corrected chi connectivity index (χ2v) is 4.29. The minimum Gasteiger partial charge on any atom is -0.264 e. The van der Waals surface area contributed by atoms with Gasteiger partial charge < -0.3 is 0 Å². The summed E-state index contributed by atoms with van der Waals surface area (Å²) in [5, 5.41) is 0. The SMILES string of the molecule is Cc1cccc(S)c1C.FC(F)F.O=S(=O)(O)O. The summed E-state index contributed by atoms with van der Waals surface area (Å²) in [6, 6.07) is 6.12. The number of thiol groups is 1. The molecule has 106 valence electrons. The highest BCUT2D eigenvalue weighted by Crippen LogP contribution is 2.15. The fourth-order valence-corrected chi connectivity index (χ4v) is 0.998. The lowest BCUT2D eigenvalue weighted by molar-refractivity contribution is 0.00819. The van der Waals surface area contributed by atoms with Crippen LogP contribution in [0.15, 0.2) is 23.1 Å². The molecule has 1 rings (SSSR count). The summed E-state index contributed by atoms with van der Waals surface area (Å²) < 4.78 is 60.6. The third kappa shape index (κ3) is 17.6. The van der Waals surface area contributed by atoms with E-state index in [2.05, 4.69) is 32.5 Å². The molecular weight excluding hydrogens is 293 g/mol. The highest BCUT2D eigenvalue weighted by molar-refractivity contribution is 7.80. The summed E-state index contributed by atoms with van der Waals surface area (Å²) in [5.74, 6) is 0. The second kappa shape index (κ2) is 9.20. The van der Waals surface area contributed by atoms with Gasteiger partial charge in [0.2, 0.25) is 0 Å². The maximum absolute atomic E-state index is 9.67. The van der Waals surface area contributed by atoms with Crippen molar-refractivity contribution in [3.8, 4) is 0 Å². The molecule has 0 aliphatic carbocycles. The predicted octanol–water partition coefficient (Wildman–Crippen LogP) is 3.12. The zero-order chi connectivity index (χ0) is 14.9. The zero-order valence-corrected chi connectivity index (χ0v) is 11.2. The lowest BCUT2D eigenvalue weighted by Gasteiger charge is -2.00. The van der Waals surface area contributed by atoms with E-state index in [1.54, 1.807) is 0 Å². The molecule has 0 fully saturated rings. The van der Waals surface area contributed by atoms with Crippen molar-refractivity contribution >= 4 is 23.0 Å². The van der Waals surface area contributed by atoms with Crippen molar-refractivity contribution in [1.29, 1.82) is 0 Å². The number of halogens is 3. The standard InChI is InChI=1S/C8H10S.CHF3.H2O4S/c1-6-4-3-5-8(9)7(6)2;2-1(3)4;1-5(2,3)4/h3-5,9H,1-2H3;1H;(H2,1,2,3,4). The van der Waals surface area contributed by atoms with Crippen LogP contribution in [0.25, 0.3) is 0 Å². The molecule has 0 saturated heterocycles. The fraction of sp³-hybridized carbons (Fsp3) is 0.333. The molecule has 0 atom stereocenters. The molecule has 0 aliphatic rings. The second-order valence-electron chi connectivity index (χ2n) is 2.91. The maximum Gasteiger partial charge on any atom is 0.394 e. The predicted molar refractivity (Wildman–Crippen MR) is 64.5 cm³/mol. The molecule has 1 aromatic rings. The molecular formula is C9H13F3O4S2. The Kier molecular flexibility index (Phi) is 10.00. The Morgan fingerprint density at radius 1 is 1.17 bits per heavy atom. The van der Waals surface area contributed by atoms with Gasteiger partial charge in [0, 0.05) is 4.90 Å². The van der Waals surface area contributed by atoms with E-state index in [-0.39, 0.29) is 0 Å². The first-order valence-corrected chi connectivity index (χ1v) is 6.16. The van der Waals surface area contributed by atoms with Gasteiger partial charge in [-0.15, -0.1) is 12.6 Å². The van der Waals surface area contributed by atoms with E-state index in [0.29, 0.717) is 0 Å². The molecule has 0 radical (unpaired) electrons. The molecule has 2 N–H and O–H groups in total. The van der Waals surface area contributed by atoms with Crippen LogP contribution < -0.4 is 0 Å². The summed E-state index contributed by atoms with van der Waals surface area (Å²) in [4.78, 5) is 1.08. The smallest absolute Gasteiger partial charge is 0.264 e. The van der Waals surface area contributed by atoms with Gasteiger partial charge >= 0.3 is 17.1 Å².